The average Bonchev–Trinajstić information content (AvgIpc) is 3.11. The highest BCUT2D eigenvalue weighted by Gasteiger charge is 2.09. The molecule has 0 saturated carbocycles. The van der Waals surface area contributed by atoms with Crippen LogP contribution < -0.4 is 20.1 Å². The molecule has 7 heteroatoms. The number of aromatic nitrogens is 1. The van der Waals surface area contributed by atoms with Gasteiger partial charge in [0.15, 0.2) is 17.5 Å². The summed E-state index contributed by atoms with van der Waals surface area (Å²) in [5, 5.41) is 6.56. The van der Waals surface area contributed by atoms with E-state index in [9.17, 15) is 0 Å². The topological polar surface area (TPSA) is 59.8 Å². The summed E-state index contributed by atoms with van der Waals surface area (Å²) in [7, 11) is 3.40. The van der Waals surface area contributed by atoms with Crippen LogP contribution in [0.5, 0.6) is 11.5 Å². The number of aliphatic imine (C=N–C) groups is 1. The van der Waals surface area contributed by atoms with E-state index >= 15 is 0 Å². The minimum absolute atomic E-state index is 0. The molecule has 0 aliphatic heterocycles. The van der Waals surface area contributed by atoms with Crippen LogP contribution in [0.1, 0.15) is 6.92 Å². The molecule has 138 valence electrons. The van der Waals surface area contributed by atoms with E-state index in [0.29, 0.717) is 6.54 Å². The second-order valence-corrected chi connectivity index (χ2v) is 5.38. The fourth-order valence-corrected chi connectivity index (χ4v) is 2.26. The largest absolute Gasteiger partial charge is 0.493 e. The number of rotatable bonds is 8. The van der Waals surface area contributed by atoms with E-state index in [2.05, 4.69) is 20.2 Å². The Bertz CT molecular complexity index is 632. The van der Waals surface area contributed by atoms with Crippen molar-refractivity contribution in [3.63, 3.8) is 0 Å². The summed E-state index contributed by atoms with van der Waals surface area (Å²) in [5.41, 5.74) is 0. The van der Waals surface area contributed by atoms with Crippen molar-refractivity contribution >= 4 is 29.9 Å². The normalized spacial score (nSPS) is 12.0. The van der Waals surface area contributed by atoms with Crippen LogP contribution in [0.2, 0.25) is 0 Å². The second kappa shape index (κ2) is 11.6. The first-order valence-corrected chi connectivity index (χ1v) is 8.08. The van der Waals surface area contributed by atoms with E-state index in [4.69, 9.17) is 9.47 Å². The predicted octanol–water partition coefficient (Wildman–Crippen LogP) is 2.75. The van der Waals surface area contributed by atoms with Gasteiger partial charge in [0.05, 0.1) is 13.7 Å². The molecule has 0 saturated heterocycles. The van der Waals surface area contributed by atoms with Crippen molar-refractivity contribution in [2.24, 2.45) is 4.99 Å². The highest BCUT2D eigenvalue weighted by molar-refractivity contribution is 14.0. The second-order valence-electron chi connectivity index (χ2n) is 5.38. The van der Waals surface area contributed by atoms with Crippen LogP contribution in [-0.4, -0.2) is 43.9 Å². The number of hydrogen-bond acceptors (Lipinski definition) is 3. The van der Waals surface area contributed by atoms with Crippen LogP contribution >= 0.6 is 24.0 Å². The zero-order chi connectivity index (χ0) is 17.2. The van der Waals surface area contributed by atoms with E-state index in [1.165, 1.54) is 0 Å². The first-order valence-electron chi connectivity index (χ1n) is 8.08. The Hall–Kier alpha value is -1.90. The van der Waals surface area contributed by atoms with E-state index in [-0.39, 0.29) is 30.1 Å². The third-order valence-electron chi connectivity index (χ3n) is 3.51. The van der Waals surface area contributed by atoms with Gasteiger partial charge in [-0.15, -0.1) is 24.0 Å². The Morgan fingerprint density at radius 1 is 1.12 bits per heavy atom. The smallest absolute Gasteiger partial charge is 0.191 e. The summed E-state index contributed by atoms with van der Waals surface area (Å²) in [6.07, 6.45) is 4.06. The maximum absolute atomic E-state index is 5.92. The molecule has 0 fully saturated rings. The van der Waals surface area contributed by atoms with Gasteiger partial charge < -0.3 is 24.7 Å². The lowest BCUT2D eigenvalue weighted by atomic mass is 10.3. The SMILES string of the molecule is CN=C(NCCn1cccc1)NCC(C)Oc1ccccc1OC.I. The average molecular weight is 458 g/mol. The Morgan fingerprint density at radius 3 is 2.44 bits per heavy atom. The Balaban J connectivity index is 0.00000312. The molecule has 1 aromatic heterocycles. The monoisotopic (exact) mass is 458 g/mol. The van der Waals surface area contributed by atoms with Crippen LogP contribution in [0.15, 0.2) is 53.8 Å². The fourth-order valence-electron chi connectivity index (χ4n) is 2.26. The number of para-hydroxylation sites is 2. The number of methoxy groups -OCH3 is 1. The van der Waals surface area contributed by atoms with E-state index in [1.807, 2.05) is 55.7 Å². The molecule has 0 spiro atoms. The van der Waals surface area contributed by atoms with Gasteiger partial charge in [-0.2, -0.15) is 0 Å². The minimum Gasteiger partial charge on any atom is -0.493 e. The molecular formula is C18H27IN4O2. The Labute approximate surface area is 166 Å². The lowest BCUT2D eigenvalue weighted by Crippen LogP contribution is -2.42. The Morgan fingerprint density at radius 2 is 1.80 bits per heavy atom. The summed E-state index contributed by atoms with van der Waals surface area (Å²) >= 11 is 0. The summed E-state index contributed by atoms with van der Waals surface area (Å²) in [6.45, 7) is 4.34. The quantitative estimate of drug-likeness (QED) is 0.363. The van der Waals surface area contributed by atoms with Gasteiger partial charge in [0.25, 0.3) is 0 Å². The maximum Gasteiger partial charge on any atom is 0.191 e. The standard InChI is InChI=1S/C18H26N4O2.HI/c1-15(24-17-9-5-4-8-16(17)23-3)14-21-18(19-2)20-10-13-22-11-6-7-12-22;/h4-9,11-12,15H,10,13-14H2,1-3H3,(H2,19,20,21);1H. The van der Waals surface area contributed by atoms with Crippen molar-refractivity contribution in [1.29, 1.82) is 0 Å². The molecule has 6 nitrogen and oxygen atoms in total. The van der Waals surface area contributed by atoms with Crippen molar-refractivity contribution in [3.05, 3.63) is 48.8 Å². The molecule has 1 aromatic carbocycles. The summed E-state index contributed by atoms with van der Waals surface area (Å²) in [4.78, 5) is 4.22. The lowest BCUT2D eigenvalue weighted by molar-refractivity contribution is 0.213. The molecular weight excluding hydrogens is 431 g/mol. The first-order chi connectivity index (χ1) is 11.7. The highest BCUT2D eigenvalue weighted by Crippen LogP contribution is 2.26. The molecule has 0 aliphatic carbocycles. The van der Waals surface area contributed by atoms with Gasteiger partial charge >= 0.3 is 0 Å². The van der Waals surface area contributed by atoms with Gasteiger partial charge in [-0.1, -0.05) is 12.1 Å². The van der Waals surface area contributed by atoms with Crippen LogP contribution in [0.4, 0.5) is 0 Å². The van der Waals surface area contributed by atoms with Crippen LogP contribution in [0, 0.1) is 0 Å². The zero-order valence-electron chi connectivity index (χ0n) is 14.9. The van der Waals surface area contributed by atoms with Gasteiger partial charge in [-0.25, -0.2) is 0 Å². The number of hydrogen-bond donors (Lipinski definition) is 2. The number of nitrogens with zero attached hydrogens (tertiary/aromatic N) is 2. The predicted molar refractivity (Wildman–Crippen MR) is 112 cm³/mol. The number of benzene rings is 1. The van der Waals surface area contributed by atoms with Gasteiger partial charge in [0, 0.05) is 32.5 Å². The number of ether oxygens (including phenoxy) is 2. The molecule has 2 aromatic rings. The van der Waals surface area contributed by atoms with Gasteiger partial charge in [-0.3, -0.25) is 4.99 Å². The molecule has 0 bridgehead atoms. The maximum atomic E-state index is 5.92. The summed E-state index contributed by atoms with van der Waals surface area (Å²) in [6, 6.07) is 11.7. The Kier molecular flexibility index (Phi) is 9.83. The lowest BCUT2D eigenvalue weighted by Gasteiger charge is -2.19. The third-order valence-corrected chi connectivity index (χ3v) is 3.51. The molecule has 1 atom stereocenters. The molecule has 25 heavy (non-hydrogen) atoms. The molecule has 1 heterocycles. The summed E-state index contributed by atoms with van der Waals surface area (Å²) < 4.78 is 13.3. The number of guanidine groups is 1. The third kappa shape index (κ3) is 7.25. The van der Waals surface area contributed by atoms with Crippen LogP contribution in [-0.2, 0) is 6.54 Å². The minimum atomic E-state index is -0.0238. The van der Waals surface area contributed by atoms with Crippen molar-refractivity contribution < 1.29 is 9.47 Å². The molecule has 0 aliphatic rings. The van der Waals surface area contributed by atoms with Crippen LogP contribution in [0.3, 0.4) is 0 Å². The van der Waals surface area contributed by atoms with Crippen molar-refractivity contribution in [2.75, 3.05) is 27.2 Å². The first kappa shape index (κ1) is 21.1. The van der Waals surface area contributed by atoms with Crippen molar-refractivity contribution in [1.82, 2.24) is 15.2 Å². The van der Waals surface area contributed by atoms with Crippen molar-refractivity contribution in [2.45, 2.75) is 19.6 Å². The van der Waals surface area contributed by atoms with Crippen LogP contribution in [0.25, 0.3) is 0 Å². The molecule has 2 N–H and O–H groups in total. The number of halogens is 1. The van der Waals surface area contributed by atoms with Gasteiger partial charge in [0.1, 0.15) is 6.10 Å². The molecule has 0 radical (unpaired) electrons. The highest BCUT2D eigenvalue weighted by atomic mass is 127. The molecule has 2 rings (SSSR count). The zero-order valence-corrected chi connectivity index (χ0v) is 17.3. The molecule has 1 unspecified atom stereocenters. The number of nitrogens with one attached hydrogen (secondary N) is 2. The molecule has 0 amide bonds. The van der Waals surface area contributed by atoms with E-state index in [1.54, 1.807) is 14.2 Å². The fraction of sp³-hybridized carbons (Fsp3) is 0.389. The van der Waals surface area contributed by atoms with E-state index in [0.717, 1.165) is 30.5 Å². The van der Waals surface area contributed by atoms with Gasteiger partial charge in [0.2, 0.25) is 0 Å². The van der Waals surface area contributed by atoms with Crippen molar-refractivity contribution in [3.8, 4) is 11.5 Å². The van der Waals surface area contributed by atoms with E-state index < -0.39 is 0 Å². The van der Waals surface area contributed by atoms with Gasteiger partial charge in [-0.05, 0) is 31.2 Å². The summed E-state index contributed by atoms with van der Waals surface area (Å²) in [5.74, 6) is 2.24.